The van der Waals surface area contributed by atoms with E-state index in [4.69, 9.17) is 4.74 Å². The zero-order valence-electron chi connectivity index (χ0n) is 11.2. The van der Waals surface area contributed by atoms with Crippen LogP contribution in [-0.2, 0) is 9.53 Å². The summed E-state index contributed by atoms with van der Waals surface area (Å²) in [6.45, 7) is 17.6. The second-order valence-electron chi connectivity index (χ2n) is 7.26. The second-order valence-corrected chi connectivity index (χ2v) is 12.6. The van der Waals surface area contributed by atoms with Gasteiger partial charge >= 0.3 is 5.97 Å². The fourth-order valence-corrected chi connectivity index (χ4v) is 6.97. The summed E-state index contributed by atoms with van der Waals surface area (Å²) in [5.41, 5.74) is 1.15. The fraction of sp³-hybridized carbons (Fsp3) is 0.769. The SMILES string of the molecule is C=C1[C@H]2C(=O)O[C@H](C(C)(C)C)[C@@]12[Si](C)(C)C. The van der Waals surface area contributed by atoms with Gasteiger partial charge in [-0.05, 0) is 5.41 Å². The lowest BCUT2D eigenvalue weighted by molar-refractivity contribution is -0.148. The Morgan fingerprint density at radius 3 is 2.06 bits per heavy atom. The molecule has 0 bridgehead atoms. The average molecular weight is 238 g/mol. The maximum Gasteiger partial charge on any atom is 0.314 e. The van der Waals surface area contributed by atoms with E-state index in [0.717, 1.165) is 5.57 Å². The minimum Gasteiger partial charge on any atom is -0.461 e. The zero-order valence-corrected chi connectivity index (χ0v) is 12.2. The van der Waals surface area contributed by atoms with Crippen LogP contribution in [0.4, 0.5) is 0 Å². The number of hydrogen-bond acceptors (Lipinski definition) is 2. The molecule has 0 aromatic carbocycles. The lowest BCUT2D eigenvalue weighted by Crippen LogP contribution is -2.44. The third-order valence-electron chi connectivity index (χ3n) is 4.16. The van der Waals surface area contributed by atoms with E-state index in [0.29, 0.717) is 0 Å². The van der Waals surface area contributed by atoms with Crippen LogP contribution in [0.3, 0.4) is 0 Å². The summed E-state index contributed by atoms with van der Waals surface area (Å²) in [5.74, 6) is -0.0317. The molecule has 3 heteroatoms. The van der Waals surface area contributed by atoms with Gasteiger partial charge in [0.15, 0.2) is 0 Å². The first kappa shape index (κ1) is 11.9. The first-order valence-corrected chi connectivity index (χ1v) is 9.44. The third kappa shape index (κ3) is 1.15. The van der Waals surface area contributed by atoms with Crippen molar-refractivity contribution in [3.05, 3.63) is 12.2 Å². The average Bonchev–Trinajstić information content (AvgIpc) is 2.47. The van der Waals surface area contributed by atoms with Crippen molar-refractivity contribution in [2.75, 3.05) is 0 Å². The molecule has 2 nitrogen and oxygen atoms in total. The van der Waals surface area contributed by atoms with Gasteiger partial charge in [-0.2, -0.15) is 0 Å². The van der Waals surface area contributed by atoms with E-state index in [-0.39, 0.29) is 28.4 Å². The maximum absolute atomic E-state index is 11.9. The van der Waals surface area contributed by atoms with E-state index in [1.165, 1.54) is 0 Å². The number of esters is 1. The van der Waals surface area contributed by atoms with Gasteiger partial charge in [-0.3, -0.25) is 4.79 Å². The molecule has 0 radical (unpaired) electrons. The van der Waals surface area contributed by atoms with E-state index in [1.54, 1.807) is 0 Å². The van der Waals surface area contributed by atoms with E-state index < -0.39 is 8.07 Å². The number of carbonyl (C=O) groups excluding carboxylic acids is 1. The molecule has 1 saturated heterocycles. The van der Waals surface area contributed by atoms with Crippen molar-refractivity contribution in [2.45, 2.75) is 51.6 Å². The highest BCUT2D eigenvalue weighted by atomic mass is 28.3. The van der Waals surface area contributed by atoms with Crippen LogP contribution in [0.2, 0.25) is 24.7 Å². The summed E-state index contributed by atoms with van der Waals surface area (Å²) in [7, 11) is -1.50. The molecule has 90 valence electrons. The van der Waals surface area contributed by atoms with Crippen LogP contribution in [0.25, 0.3) is 0 Å². The van der Waals surface area contributed by atoms with Gasteiger partial charge in [0, 0.05) is 5.04 Å². The van der Waals surface area contributed by atoms with Gasteiger partial charge in [0.05, 0.1) is 14.0 Å². The summed E-state index contributed by atoms with van der Waals surface area (Å²) in [6.07, 6.45) is 0.0247. The Labute approximate surface area is 99.1 Å². The highest BCUT2D eigenvalue weighted by Crippen LogP contribution is 2.78. The lowest BCUT2D eigenvalue weighted by Gasteiger charge is -2.39. The predicted octanol–water partition coefficient (Wildman–Crippen LogP) is 3.22. The summed E-state index contributed by atoms with van der Waals surface area (Å²) < 4.78 is 5.62. The highest BCUT2D eigenvalue weighted by molar-refractivity contribution is 6.82. The molecule has 1 heterocycles. The molecule has 1 aliphatic heterocycles. The fourth-order valence-electron chi connectivity index (χ4n) is 3.50. The Morgan fingerprint density at radius 1 is 1.31 bits per heavy atom. The summed E-state index contributed by atoms with van der Waals surface area (Å²) in [4.78, 5) is 11.9. The molecular formula is C13H22O2Si. The molecule has 2 fully saturated rings. The van der Waals surface area contributed by atoms with Crippen molar-refractivity contribution < 1.29 is 9.53 Å². The number of rotatable bonds is 1. The molecular weight excluding hydrogens is 216 g/mol. The van der Waals surface area contributed by atoms with Gasteiger partial charge in [0.25, 0.3) is 0 Å². The highest BCUT2D eigenvalue weighted by Gasteiger charge is 2.79. The largest absolute Gasteiger partial charge is 0.461 e. The van der Waals surface area contributed by atoms with Crippen molar-refractivity contribution >= 4 is 14.0 Å². The first-order chi connectivity index (χ1) is 7.04. The summed E-state index contributed by atoms with van der Waals surface area (Å²) in [6, 6.07) is 0. The van der Waals surface area contributed by atoms with Crippen molar-refractivity contribution in [2.24, 2.45) is 11.3 Å². The third-order valence-corrected chi connectivity index (χ3v) is 7.52. The molecule has 0 aromatic rings. The van der Waals surface area contributed by atoms with Gasteiger partial charge in [-0.1, -0.05) is 52.6 Å². The Balaban J connectivity index is 2.50. The Kier molecular flexibility index (Phi) is 2.09. The molecule has 0 aromatic heterocycles. The predicted molar refractivity (Wildman–Crippen MR) is 68.0 cm³/mol. The smallest absolute Gasteiger partial charge is 0.314 e. The molecule has 3 atom stereocenters. The molecule has 0 unspecified atom stereocenters. The quantitative estimate of drug-likeness (QED) is 0.398. The maximum atomic E-state index is 11.9. The minimum atomic E-state index is -1.50. The van der Waals surface area contributed by atoms with Gasteiger partial charge in [0.1, 0.15) is 6.10 Å². The van der Waals surface area contributed by atoms with Crippen molar-refractivity contribution in [3.8, 4) is 0 Å². The number of hydrogen-bond donors (Lipinski definition) is 0. The van der Waals surface area contributed by atoms with Crippen LogP contribution in [0.5, 0.6) is 0 Å². The van der Waals surface area contributed by atoms with E-state index in [2.05, 4.69) is 47.0 Å². The zero-order chi connectivity index (χ0) is 12.5. The Morgan fingerprint density at radius 2 is 1.81 bits per heavy atom. The van der Waals surface area contributed by atoms with Crippen LogP contribution in [-0.4, -0.2) is 20.1 Å². The monoisotopic (exact) mass is 238 g/mol. The molecule has 1 aliphatic carbocycles. The Bertz CT molecular complexity index is 372. The van der Waals surface area contributed by atoms with E-state index >= 15 is 0 Å². The van der Waals surface area contributed by atoms with Gasteiger partial charge in [0.2, 0.25) is 0 Å². The molecule has 16 heavy (non-hydrogen) atoms. The normalized spacial score (nSPS) is 38.4. The molecule has 0 amide bonds. The van der Waals surface area contributed by atoms with Crippen molar-refractivity contribution in [1.82, 2.24) is 0 Å². The van der Waals surface area contributed by atoms with Crippen molar-refractivity contribution in [3.63, 3.8) is 0 Å². The minimum absolute atomic E-state index is 0.00231. The molecule has 2 aliphatic rings. The van der Waals surface area contributed by atoms with E-state index in [1.807, 2.05) is 0 Å². The van der Waals surface area contributed by atoms with Crippen LogP contribution < -0.4 is 0 Å². The van der Waals surface area contributed by atoms with E-state index in [9.17, 15) is 4.79 Å². The van der Waals surface area contributed by atoms with Gasteiger partial charge < -0.3 is 4.74 Å². The van der Waals surface area contributed by atoms with Crippen LogP contribution in [0.1, 0.15) is 20.8 Å². The summed E-state index contributed by atoms with van der Waals surface area (Å²) >= 11 is 0. The standard InChI is InChI=1S/C13H22O2Si/c1-8-9-10(14)15-11(12(2,3)4)13(8,9)16(5,6)7/h9,11H,1H2,2-7H3/t9-,11+,13+/m0/s1. The second kappa shape index (κ2) is 2.81. The van der Waals surface area contributed by atoms with Crippen molar-refractivity contribution in [1.29, 1.82) is 0 Å². The van der Waals surface area contributed by atoms with Crippen LogP contribution in [0.15, 0.2) is 12.2 Å². The number of fused-ring (bicyclic) bond motifs is 1. The van der Waals surface area contributed by atoms with Crippen LogP contribution >= 0.6 is 0 Å². The van der Waals surface area contributed by atoms with Gasteiger partial charge in [-0.25, -0.2) is 0 Å². The summed E-state index contributed by atoms with van der Waals surface area (Å²) in [5, 5.41) is 0.00231. The molecule has 0 N–H and O–H groups in total. The molecule has 0 spiro atoms. The number of carbonyl (C=O) groups is 1. The molecule has 1 saturated carbocycles. The topological polar surface area (TPSA) is 26.3 Å². The first-order valence-electron chi connectivity index (χ1n) is 5.94. The van der Waals surface area contributed by atoms with Crippen LogP contribution in [0, 0.1) is 11.3 Å². The lowest BCUT2D eigenvalue weighted by atomic mass is 9.85. The number of ether oxygens (including phenoxy) is 1. The Hall–Kier alpha value is -0.573. The molecule has 2 rings (SSSR count). The number of cyclic esters (lactones) is 1. The van der Waals surface area contributed by atoms with Gasteiger partial charge in [-0.15, -0.1) is 0 Å².